The average Bonchev–Trinajstić information content (AvgIpc) is 3.07. The van der Waals surface area contributed by atoms with Gasteiger partial charge in [0.05, 0.1) is 35.0 Å². The number of hydrogen-bond acceptors (Lipinski definition) is 5. The lowest BCUT2D eigenvalue weighted by Crippen LogP contribution is -2.19. The summed E-state index contributed by atoms with van der Waals surface area (Å²) in [6, 6.07) is 18.7. The normalized spacial score (nSPS) is 14.1. The molecule has 0 amide bonds. The van der Waals surface area contributed by atoms with Gasteiger partial charge < -0.3 is 23.7 Å². The third-order valence-electron chi connectivity index (χ3n) is 11.4. The molecule has 55 heavy (non-hydrogen) atoms. The summed E-state index contributed by atoms with van der Waals surface area (Å²) in [5.41, 5.74) is 13.6. The summed E-state index contributed by atoms with van der Waals surface area (Å²) in [5.74, 6) is 3.38. The zero-order valence-electron chi connectivity index (χ0n) is 37.1. The number of rotatable bonds is 6. The minimum atomic E-state index is -0.179. The molecule has 0 aromatic heterocycles. The zero-order chi connectivity index (χ0) is 40.8. The summed E-state index contributed by atoms with van der Waals surface area (Å²) in [6.45, 7) is 27.9. The molecule has 0 radical (unpaired) electrons. The van der Waals surface area contributed by atoms with Crippen molar-refractivity contribution in [1.29, 1.82) is 0 Å². The maximum atomic E-state index is 6.51. The smallest absolute Gasteiger partial charge is 0.126 e. The van der Waals surface area contributed by atoms with Crippen molar-refractivity contribution in [2.24, 2.45) is 0 Å². The molecule has 0 saturated carbocycles. The van der Waals surface area contributed by atoms with Crippen LogP contribution in [0, 0.1) is 0 Å². The van der Waals surface area contributed by atoms with Crippen LogP contribution in [0.3, 0.4) is 0 Å². The Balaban J connectivity index is 2.04. The zero-order valence-corrected chi connectivity index (χ0v) is 37.1. The largest absolute Gasteiger partial charge is 0.496 e. The maximum Gasteiger partial charge on any atom is 0.126 e. The molecule has 0 N–H and O–H groups in total. The summed E-state index contributed by atoms with van der Waals surface area (Å²) in [7, 11) is 9.00. The van der Waals surface area contributed by atoms with E-state index in [0.29, 0.717) is 25.9 Å². The van der Waals surface area contributed by atoms with Gasteiger partial charge in [0.25, 0.3) is 0 Å². The van der Waals surface area contributed by atoms with Crippen LogP contribution in [0.2, 0.25) is 0 Å². The van der Waals surface area contributed by atoms with E-state index in [1.165, 1.54) is 22.3 Å². The first-order chi connectivity index (χ1) is 25.5. The first-order valence-electron chi connectivity index (χ1n) is 19.9. The molecule has 0 fully saturated rings. The van der Waals surface area contributed by atoms with Crippen molar-refractivity contribution in [2.45, 2.75) is 130 Å². The first-order valence-corrected chi connectivity index (χ1v) is 19.9. The number of hydrogen-bond donors (Lipinski definition) is 0. The van der Waals surface area contributed by atoms with E-state index in [4.69, 9.17) is 23.7 Å². The van der Waals surface area contributed by atoms with Crippen LogP contribution in [0.4, 0.5) is 0 Å². The predicted octanol–water partition coefficient (Wildman–Crippen LogP) is 11.8. The van der Waals surface area contributed by atoms with Gasteiger partial charge in [-0.25, -0.2) is 0 Å². The highest BCUT2D eigenvalue weighted by molar-refractivity contribution is 5.61. The maximum absolute atomic E-state index is 6.51. The van der Waals surface area contributed by atoms with Crippen LogP contribution in [0.25, 0.3) is 0 Å². The minimum Gasteiger partial charge on any atom is -0.496 e. The van der Waals surface area contributed by atoms with E-state index in [9.17, 15) is 0 Å². The molecule has 5 heteroatoms. The Hall–Kier alpha value is -3.96. The lowest BCUT2D eigenvalue weighted by molar-refractivity contribution is 0.187. The quantitative estimate of drug-likeness (QED) is 0.196. The van der Waals surface area contributed by atoms with Crippen molar-refractivity contribution < 1.29 is 23.7 Å². The number of fused-ring (bicyclic) bond motifs is 8. The van der Waals surface area contributed by atoms with Crippen LogP contribution in [0.5, 0.6) is 23.0 Å². The van der Waals surface area contributed by atoms with Crippen LogP contribution in [-0.2, 0) is 45.7 Å². The molecule has 0 heterocycles. The monoisotopic (exact) mass is 749 g/mol. The van der Waals surface area contributed by atoms with E-state index in [1.54, 1.807) is 35.5 Å². The summed E-state index contributed by atoms with van der Waals surface area (Å²) in [4.78, 5) is 0. The molecule has 8 bridgehead atoms. The highest BCUT2D eigenvalue weighted by atomic mass is 16.5. The molecule has 0 unspecified atom stereocenters. The van der Waals surface area contributed by atoms with Crippen molar-refractivity contribution in [3.8, 4) is 23.0 Å². The van der Waals surface area contributed by atoms with Crippen molar-refractivity contribution in [3.05, 3.63) is 115 Å². The molecule has 0 atom stereocenters. The van der Waals surface area contributed by atoms with Crippen molar-refractivity contribution in [1.82, 2.24) is 0 Å². The first kappa shape index (κ1) is 42.2. The van der Waals surface area contributed by atoms with Crippen LogP contribution < -0.4 is 18.9 Å². The van der Waals surface area contributed by atoms with Gasteiger partial charge in [-0.05, 0) is 77.3 Å². The third kappa shape index (κ3) is 8.73. The van der Waals surface area contributed by atoms with E-state index in [2.05, 4.69) is 132 Å². The Labute approximate surface area is 333 Å². The molecular formula is C50H68O5. The summed E-state index contributed by atoms with van der Waals surface area (Å²) >= 11 is 0. The van der Waals surface area contributed by atoms with Crippen LogP contribution in [0.15, 0.2) is 48.5 Å². The second-order valence-corrected chi connectivity index (χ2v) is 19.7. The lowest BCUT2D eigenvalue weighted by atomic mass is 9.77. The Morgan fingerprint density at radius 1 is 0.382 bits per heavy atom. The fourth-order valence-corrected chi connectivity index (χ4v) is 8.12. The summed E-state index contributed by atoms with van der Waals surface area (Å²) in [6.07, 6.45) is 1.92. The van der Waals surface area contributed by atoms with Gasteiger partial charge in [-0.15, -0.1) is 0 Å². The molecule has 4 aromatic rings. The van der Waals surface area contributed by atoms with Gasteiger partial charge in [0.15, 0.2) is 0 Å². The Bertz CT molecular complexity index is 1880. The fourth-order valence-electron chi connectivity index (χ4n) is 8.12. The van der Waals surface area contributed by atoms with Gasteiger partial charge in [-0.1, -0.05) is 132 Å². The molecule has 5 rings (SSSR count). The number of methoxy groups -OCH3 is 5. The van der Waals surface area contributed by atoms with E-state index < -0.39 is 0 Å². The molecule has 0 aliphatic heterocycles. The highest BCUT2D eigenvalue weighted by Gasteiger charge is 2.32. The van der Waals surface area contributed by atoms with Crippen LogP contribution >= 0.6 is 0 Å². The average molecular weight is 749 g/mol. The van der Waals surface area contributed by atoms with Crippen molar-refractivity contribution >= 4 is 0 Å². The Morgan fingerprint density at radius 3 is 0.836 bits per heavy atom. The van der Waals surface area contributed by atoms with Crippen molar-refractivity contribution in [2.75, 3.05) is 42.2 Å². The molecule has 4 aromatic carbocycles. The van der Waals surface area contributed by atoms with Gasteiger partial charge in [0, 0.05) is 43.4 Å². The second-order valence-electron chi connectivity index (χ2n) is 19.7. The third-order valence-corrected chi connectivity index (χ3v) is 11.4. The molecule has 0 spiro atoms. The molecule has 298 valence electrons. The molecule has 5 nitrogen and oxygen atoms in total. The van der Waals surface area contributed by atoms with E-state index in [0.717, 1.165) is 67.5 Å². The molecule has 0 saturated heterocycles. The fraction of sp³-hybridized carbons (Fsp3) is 0.520. The van der Waals surface area contributed by atoms with Gasteiger partial charge >= 0.3 is 0 Å². The topological polar surface area (TPSA) is 46.2 Å². The van der Waals surface area contributed by atoms with E-state index in [-0.39, 0.29) is 27.6 Å². The van der Waals surface area contributed by atoms with E-state index in [1.807, 2.05) is 0 Å². The van der Waals surface area contributed by atoms with E-state index >= 15 is 0 Å². The summed E-state index contributed by atoms with van der Waals surface area (Å²) < 4.78 is 32.0. The van der Waals surface area contributed by atoms with Gasteiger partial charge in [0.1, 0.15) is 23.0 Å². The standard InChI is InChI=1S/C50H68O5/c1-47(2,3)36-21-30-18-31-22-37(48(4,5)6)24-33(44(31)53-15)20-35-26-39(50(10,11)12)28-41(46(35)55-17)42(29-51-13)40-27-38(49(7,8)9)25-34(45(40)54-16)19-32(23-36)43(30)52-14/h21-28,42H,18-20,29H2,1-17H3. The lowest BCUT2D eigenvalue weighted by Gasteiger charge is -2.31. The van der Waals surface area contributed by atoms with Gasteiger partial charge in [-0.2, -0.15) is 0 Å². The Kier molecular flexibility index (Phi) is 11.9. The van der Waals surface area contributed by atoms with Crippen LogP contribution in [-0.4, -0.2) is 42.2 Å². The summed E-state index contributed by atoms with van der Waals surface area (Å²) in [5, 5.41) is 0. The number of ether oxygens (including phenoxy) is 5. The van der Waals surface area contributed by atoms with Crippen LogP contribution in [0.1, 0.15) is 156 Å². The molecule has 1 aliphatic rings. The SMILES string of the molecule is COCC1c2cc(C(C)(C)C)cc(c2OC)Cc2cc(C(C)(C)C)cc(c2OC)Cc2cc(C(C)(C)C)cc(c2OC)Cc2cc(C(C)(C)C)cc1c2OC. The number of benzene rings is 4. The highest BCUT2D eigenvalue weighted by Crippen LogP contribution is 2.47. The minimum absolute atomic E-state index is 0.0881. The molecule has 1 aliphatic carbocycles. The Morgan fingerprint density at radius 2 is 0.618 bits per heavy atom. The van der Waals surface area contributed by atoms with Crippen molar-refractivity contribution in [3.63, 3.8) is 0 Å². The van der Waals surface area contributed by atoms with Gasteiger partial charge in [-0.3, -0.25) is 0 Å². The predicted molar refractivity (Wildman–Crippen MR) is 229 cm³/mol. The second kappa shape index (κ2) is 15.5. The molecular weight excluding hydrogens is 681 g/mol. The van der Waals surface area contributed by atoms with Gasteiger partial charge in [0.2, 0.25) is 0 Å².